The Morgan fingerprint density at radius 3 is 2.15 bits per heavy atom. The molecule has 4 nitrogen and oxygen atoms in total. The number of hydrogen-bond acceptors (Lipinski definition) is 4. The number of piperidine rings is 1. The van der Waals surface area contributed by atoms with Crippen LogP contribution in [0.5, 0.6) is 0 Å². The largest absolute Gasteiger partial charge is 0.417 e. The molecule has 3 aliphatic rings. The van der Waals surface area contributed by atoms with E-state index < -0.39 is 21.6 Å². The summed E-state index contributed by atoms with van der Waals surface area (Å²) in [4.78, 5) is 6.56. The molecule has 0 radical (unpaired) electrons. The van der Waals surface area contributed by atoms with E-state index in [1.807, 2.05) is 0 Å². The molecular formula is C19H25F3N2O2S. The minimum absolute atomic E-state index is 0.0384. The van der Waals surface area contributed by atoms with Crippen LogP contribution in [0.15, 0.2) is 18.3 Å². The molecule has 150 valence electrons. The standard InChI is InChI=1S/C19H25F3N2O2S/c20-19(21,22)15-3-6-17(23-11-15)14-1-4-16(5-2-14)24-9-7-18(8-10-24)12-27(25,26)13-18/h3,6,11,14,16H,1-2,4-5,7-10,12-13H2. The molecule has 0 unspecified atom stereocenters. The molecule has 0 amide bonds. The van der Waals surface area contributed by atoms with Gasteiger partial charge in [0.1, 0.15) is 0 Å². The van der Waals surface area contributed by atoms with Crippen LogP contribution in [0, 0.1) is 5.41 Å². The quantitative estimate of drug-likeness (QED) is 0.758. The van der Waals surface area contributed by atoms with Crippen molar-refractivity contribution in [1.82, 2.24) is 9.88 Å². The Balaban J connectivity index is 1.28. The van der Waals surface area contributed by atoms with E-state index in [1.165, 1.54) is 6.07 Å². The molecule has 27 heavy (non-hydrogen) atoms. The number of aromatic nitrogens is 1. The van der Waals surface area contributed by atoms with E-state index in [-0.39, 0.29) is 11.3 Å². The van der Waals surface area contributed by atoms with E-state index in [0.29, 0.717) is 17.5 Å². The summed E-state index contributed by atoms with van der Waals surface area (Å²) in [5.41, 5.74) is 0.107. The molecule has 2 aliphatic heterocycles. The molecule has 1 aliphatic carbocycles. The van der Waals surface area contributed by atoms with Gasteiger partial charge in [-0.15, -0.1) is 0 Å². The van der Waals surface area contributed by atoms with Crippen LogP contribution in [-0.2, 0) is 16.0 Å². The summed E-state index contributed by atoms with van der Waals surface area (Å²) in [5.74, 6) is 0.955. The van der Waals surface area contributed by atoms with E-state index in [4.69, 9.17) is 0 Å². The summed E-state index contributed by atoms with van der Waals surface area (Å²) in [6.45, 7) is 1.92. The maximum Gasteiger partial charge on any atom is 0.417 e. The van der Waals surface area contributed by atoms with Crippen molar-refractivity contribution in [1.29, 1.82) is 0 Å². The minimum Gasteiger partial charge on any atom is -0.300 e. The number of pyridine rings is 1. The SMILES string of the molecule is O=S1(=O)CC2(CCN(C3CCC(c4ccc(C(F)(F)F)cn4)CC3)CC2)C1. The number of rotatable bonds is 2. The Bertz CT molecular complexity index is 762. The number of hydrogen-bond donors (Lipinski definition) is 0. The molecule has 2 saturated heterocycles. The molecule has 1 aromatic rings. The second kappa shape index (κ2) is 6.72. The molecule has 8 heteroatoms. The van der Waals surface area contributed by atoms with Crippen molar-refractivity contribution in [2.24, 2.45) is 5.41 Å². The average molecular weight is 402 g/mol. The highest BCUT2D eigenvalue weighted by Crippen LogP contribution is 2.44. The van der Waals surface area contributed by atoms with Crippen molar-refractivity contribution >= 4 is 9.84 Å². The van der Waals surface area contributed by atoms with Gasteiger partial charge in [-0.25, -0.2) is 8.42 Å². The van der Waals surface area contributed by atoms with Gasteiger partial charge in [0, 0.05) is 29.3 Å². The summed E-state index contributed by atoms with van der Waals surface area (Å²) in [7, 11) is -2.78. The lowest BCUT2D eigenvalue weighted by molar-refractivity contribution is -0.137. The average Bonchev–Trinajstić information content (AvgIpc) is 2.60. The van der Waals surface area contributed by atoms with Gasteiger partial charge in [-0.05, 0) is 63.7 Å². The molecule has 4 rings (SSSR count). The molecule has 0 N–H and O–H groups in total. The Kier molecular flexibility index (Phi) is 4.78. The van der Waals surface area contributed by atoms with Crippen LogP contribution in [0.3, 0.4) is 0 Å². The molecule has 1 aromatic heterocycles. The van der Waals surface area contributed by atoms with Gasteiger partial charge in [-0.2, -0.15) is 13.2 Å². The van der Waals surface area contributed by atoms with Crippen molar-refractivity contribution < 1.29 is 21.6 Å². The first-order valence-corrected chi connectivity index (χ1v) is 11.5. The lowest BCUT2D eigenvalue weighted by Gasteiger charge is -2.49. The van der Waals surface area contributed by atoms with Gasteiger partial charge in [-0.1, -0.05) is 0 Å². The van der Waals surface area contributed by atoms with Crippen LogP contribution < -0.4 is 0 Å². The highest BCUT2D eigenvalue weighted by molar-refractivity contribution is 7.92. The van der Waals surface area contributed by atoms with E-state index >= 15 is 0 Å². The highest BCUT2D eigenvalue weighted by atomic mass is 32.2. The van der Waals surface area contributed by atoms with Crippen LogP contribution >= 0.6 is 0 Å². The monoisotopic (exact) mass is 402 g/mol. The summed E-state index contributed by atoms with van der Waals surface area (Å²) >= 11 is 0. The molecule has 1 spiro atoms. The van der Waals surface area contributed by atoms with E-state index in [2.05, 4.69) is 9.88 Å². The third-order valence-corrected chi connectivity index (χ3v) is 8.76. The third kappa shape index (κ3) is 4.01. The van der Waals surface area contributed by atoms with E-state index in [1.54, 1.807) is 0 Å². The zero-order valence-corrected chi connectivity index (χ0v) is 16.0. The molecule has 3 heterocycles. The number of likely N-dealkylation sites (tertiary alicyclic amines) is 1. The smallest absolute Gasteiger partial charge is 0.300 e. The second-order valence-corrected chi connectivity index (χ2v) is 10.6. The van der Waals surface area contributed by atoms with E-state index in [0.717, 1.165) is 69.6 Å². The van der Waals surface area contributed by atoms with Crippen molar-refractivity contribution in [3.63, 3.8) is 0 Å². The fourth-order valence-corrected chi connectivity index (χ4v) is 7.45. The van der Waals surface area contributed by atoms with Gasteiger partial charge in [0.2, 0.25) is 0 Å². The van der Waals surface area contributed by atoms with Gasteiger partial charge < -0.3 is 4.90 Å². The fraction of sp³-hybridized carbons (Fsp3) is 0.737. The number of alkyl halides is 3. The Hall–Kier alpha value is -1.15. The van der Waals surface area contributed by atoms with Crippen molar-refractivity contribution in [3.05, 3.63) is 29.6 Å². The number of nitrogens with zero attached hydrogens (tertiary/aromatic N) is 2. The lowest BCUT2D eigenvalue weighted by Crippen LogP contribution is -2.56. The first kappa shape index (κ1) is 19.2. The van der Waals surface area contributed by atoms with Crippen LogP contribution in [-0.4, -0.2) is 48.9 Å². The fourth-order valence-electron chi connectivity index (χ4n) is 5.09. The summed E-state index contributed by atoms with van der Waals surface area (Å²) in [6, 6.07) is 3.16. The summed E-state index contributed by atoms with van der Waals surface area (Å²) in [6.07, 6.45) is 2.47. The highest BCUT2D eigenvalue weighted by Gasteiger charge is 2.50. The maximum atomic E-state index is 12.7. The first-order chi connectivity index (χ1) is 12.7. The molecule has 0 bridgehead atoms. The third-order valence-electron chi connectivity index (χ3n) is 6.66. The van der Waals surface area contributed by atoms with Gasteiger partial charge in [0.05, 0.1) is 17.1 Å². The van der Waals surface area contributed by atoms with Crippen LogP contribution in [0.4, 0.5) is 13.2 Å². The van der Waals surface area contributed by atoms with Crippen LogP contribution in [0.2, 0.25) is 0 Å². The molecular weight excluding hydrogens is 377 g/mol. The Morgan fingerprint density at radius 1 is 1.04 bits per heavy atom. The minimum atomic E-state index is -4.34. The Labute approximate surface area is 158 Å². The van der Waals surface area contributed by atoms with Gasteiger partial charge in [-0.3, -0.25) is 4.98 Å². The predicted molar refractivity (Wildman–Crippen MR) is 96.1 cm³/mol. The van der Waals surface area contributed by atoms with Crippen molar-refractivity contribution in [2.75, 3.05) is 24.6 Å². The summed E-state index contributed by atoms with van der Waals surface area (Å²) in [5, 5.41) is 0. The summed E-state index contributed by atoms with van der Waals surface area (Å²) < 4.78 is 61.0. The zero-order chi connectivity index (χ0) is 19.3. The van der Waals surface area contributed by atoms with Gasteiger partial charge in [0.25, 0.3) is 0 Å². The topological polar surface area (TPSA) is 50.3 Å². The molecule has 0 atom stereocenters. The van der Waals surface area contributed by atoms with Gasteiger partial charge >= 0.3 is 6.18 Å². The lowest BCUT2D eigenvalue weighted by atomic mass is 9.78. The normalized spacial score (nSPS) is 30.8. The zero-order valence-electron chi connectivity index (χ0n) is 15.2. The second-order valence-electron chi connectivity index (χ2n) is 8.54. The molecule has 1 saturated carbocycles. The maximum absolute atomic E-state index is 12.7. The first-order valence-electron chi connectivity index (χ1n) is 9.64. The number of sulfone groups is 1. The van der Waals surface area contributed by atoms with Gasteiger partial charge in [0.15, 0.2) is 9.84 Å². The van der Waals surface area contributed by atoms with Crippen molar-refractivity contribution in [3.8, 4) is 0 Å². The van der Waals surface area contributed by atoms with Crippen molar-refractivity contribution in [2.45, 2.75) is 56.7 Å². The molecule has 0 aromatic carbocycles. The van der Waals surface area contributed by atoms with E-state index in [9.17, 15) is 21.6 Å². The predicted octanol–water partition coefficient (Wildman–Crippen LogP) is 3.64. The number of halogens is 3. The van der Waals surface area contributed by atoms with Crippen LogP contribution in [0.25, 0.3) is 0 Å². The Morgan fingerprint density at radius 2 is 1.67 bits per heavy atom. The molecule has 3 fully saturated rings. The van der Waals surface area contributed by atoms with Crippen LogP contribution in [0.1, 0.15) is 55.7 Å².